The first-order valence-corrected chi connectivity index (χ1v) is 5.54. The predicted molar refractivity (Wildman–Crippen MR) is 56.6 cm³/mol. The van der Waals surface area contributed by atoms with Gasteiger partial charge in [-0.1, -0.05) is 11.6 Å². The van der Waals surface area contributed by atoms with Gasteiger partial charge in [0.15, 0.2) is 5.13 Å². The predicted octanol–water partition coefficient (Wildman–Crippen LogP) is 1.96. The molecule has 1 saturated heterocycles. The topological polar surface area (TPSA) is 37.0 Å². The van der Waals surface area contributed by atoms with Crippen LogP contribution in [0.5, 0.6) is 0 Å². The fourth-order valence-electron chi connectivity index (χ4n) is 1.49. The van der Waals surface area contributed by atoms with Crippen molar-refractivity contribution in [3.63, 3.8) is 0 Å². The summed E-state index contributed by atoms with van der Waals surface area (Å²) in [5.41, 5.74) is 0.140. The fraction of sp³-hybridized carbons (Fsp3) is 0.625. The highest BCUT2D eigenvalue weighted by Gasteiger charge is 2.28. The molecule has 72 valence electrons. The molecule has 2 heterocycles. The number of hydrogen-bond donors (Lipinski definition) is 2. The molecule has 1 fully saturated rings. The van der Waals surface area contributed by atoms with Crippen molar-refractivity contribution in [2.45, 2.75) is 18.9 Å². The lowest BCUT2D eigenvalue weighted by Crippen LogP contribution is -2.36. The second-order valence-electron chi connectivity index (χ2n) is 3.59. The van der Waals surface area contributed by atoms with E-state index in [1.165, 1.54) is 0 Å². The van der Waals surface area contributed by atoms with E-state index in [4.69, 9.17) is 11.6 Å². The molecule has 0 bridgehead atoms. The molecule has 0 saturated carbocycles. The molecule has 1 atom stereocenters. The van der Waals surface area contributed by atoms with E-state index in [1.54, 1.807) is 11.3 Å². The van der Waals surface area contributed by atoms with Gasteiger partial charge in [-0.25, -0.2) is 4.98 Å². The number of nitrogens with zero attached hydrogens (tertiary/aromatic N) is 1. The quantitative estimate of drug-likeness (QED) is 0.796. The summed E-state index contributed by atoms with van der Waals surface area (Å²) < 4.78 is 0. The Labute approximate surface area is 86.5 Å². The van der Waals surface area contributed by atoms with E-state index in [0.717, 1.165) is 24.6 Å². The summed E-state index contributed by atoms with van der Waals surface area (Å²) in [5, 5.41) is 10.0. The van der Waals surface area contributed by atoms with Gasteiger partial charge in [0.2, 0.25) is 0 Å². The van der Waals surface area contributed by atoms with Crippen LogP contribution in [0.25, 0.3) is 0 Å². The highest BCUT2D eigenvalue weighted by molar-refractivity contribution is 7.14. The number of anilines is 1. The second-order valence-corrected chi connectivity index (χ2v) is 4.83. The summed E-state index contributed by atoms with van der Waals surface area (Å²) in [6, 6.07) is 0. The Bertz CT molecular complexity index is 293. The number of nitrogens with one attached hydrogen (secondary N) is 2. The minimum atomic E-state index is 0.140. The molecule has 1 aliphatic rings. The number of hydrogen-bond acceptors (Lipinski definition) is 4. The molecule has 0 aromatic carbocycles. The Hall–Kier alpha value is -0.320. The van der Waals surface area contributed by atoms with Crippen LogP contribution in [0, 0.1) is 0 Å². The average molecular weight is 218 g/mol. The smallest absolute Gasteiger partial charge is 0.184 e. The fourth-order valence-corrected chi connectivity index (χ4v) is 2.48. The molecular weight excluding hydrogens is 206 g/mol. The molecule has 13 heavy (non-hydrogen) atoms. The maximum atomic E-state index is 5.73. The van der Waals surface area contributed by atoms with Crippen LogP contribution in [0.15, 0.2) is 5.38 Å². The van der Waals surface area contributed by atoms with E-state index in [9.17, 15) is 0 Å². The van der Waals surface area contributed by atoms with Crippen LogP contribution in [0.1, 0.15) is 13.3 Å². The Morgan fingerprint density at radius 1 is 1.77 bits per heavy atom. The van der Waals surface area contributed by atoms with Crippen molar-refractivity contribution in [2.24, 2.45) is 0 Å². The van der Waals surface area contributed by atoms with Crippen LogP contribution < -0.4 is 10.6 Å². The molecular formula is C8H12ClN3S. The molecule has 2 rings (SSSR count). The monoisotopic (exact) mass is 217 g/mol. The molecule has 0 amide bonds. The van der Waals surface area contributed by atoms with Gasteiger partial charge in [0.25, 0.3) is 0 Å². The van der Waals surface area contributed by atoms with E-state index >= 15 is 0 Å². The largest absolute Gasteiger partial charge is 0.355 e. The Balaban J connectivity index is 2.04. The highest BCUT2D eigenvalue weighted by Crippen LogP contribution is 2.25. The third-order valence-electron chi connectivity index (χ3n) is 2.25. The molecule has 0 radical (unpaired) electrons. The molecule has 3 nitrogen and oxygen atoms in total. The van der Waals surface area contributed by atoms with Crippen LogP contribution in [-0.4, -0.2) is 23.6 Å². The van der Waals surface area contributed by atoms with Crippen molar-refractivity contribution in [3.8, 4) is 0 Å². The number of halogens is 1. The van der Waals surface area contributed by atoms with Gasteiger partial charge in [-0.2, -0.15) is 0 Å². The zero-order chi connectivity index (χ0) is 9.31. The van der Waals surface area contributed by atoms with Crippen LogP contribution in [0.4, 0.5) is 5.13 Å². The third-order valence-corrected chi connectivity index (χ3v) is 3.33. The SMILES string of the molecule is CC1(Nc2nc(Cl)cs2)CCNC1. The lowest BCUT2D eigenvalue weighted by Gasteiger charge is -2.23. The summed E-state index contributed by atoms with van der Waals surface area (Å²) >= 11 is 7.29. The molecule has 1 aromatic rings. The molecule has 2 N–H and O–H groups in total. The number of aromatic nitrogens is 1. The molecule has 1 unspecified atom stereocenters. The number of rotatable bonds is 2. The van der Waals surface area contributed by atoms with E-state index in [2.05, 4.69) is 22.5 Å². The van der Waals surface area contributed by atoms with Crippen molar-refractivity contribution >= 4 is 28.1 Å². The second kappa shape index (κ2) is 3.44. The summed E-state index contributed by atoms with van der Waals surface area (Å²) in [6.45, 7) is 4.26. The van der Waals surface area contributed by atoms with Gasteiger partial charge in [-0.3, -0.25) is 0 Å². The summed E-state index contributed by atoms with van der Waals surface area (Å²) in [7, 11) is 0. The van der Waals surface area contributed by atoms with Crippen molar-refractivity contribution in [1.82, 2.24) is 10.3 Å². The van der Waals surface area contributed by atoms with Crippen molar-refractivity contribution in [1.29, 1.82) is 0 Å². The Kier molecular flexibility index (Phi) is 2.45. The van der Waals surface area contributed by atoms with Gasteiger partial charge < -0.3 is 10.6 Å². The van der Waals surface area contributed by atoms with Gasteiger partial charge >= 0.3 is 0 Å². The minimum absolute atomic E-state index is 0.140. The van der Waals surface area contributed by atoms with Crippen LogP contribution in [-0.2, 0) is 0 Å². The first-order chi connectivity index (χ1) is 6.18. The maximum Gasteiger partial charge on any atom is 0.184 e. The Morgan fingerprint density at radius 3 is 3.15 bits per heavy atom. The summed E-state index contributed by atoms with van der Waals surface area (Å²) in [6.07, 6.45) is 1.13. The zero-order valence-electron chi connectivity index (χ0n) is 7.43. The molecule has 0 spiro atoms. The lowest BCUT2D eigenvalue weighted by atomic mass is 10.0. The third kappa shape index (κ3) is 2.13. The van der Waals surface area contributed by atoms with Crippen molar-refractivity contribution in [3.05, 3.63) is 10.5 Å². The highest BCUT2D eigenvalue weighted by atomic mass is 35.5. The first kappa shape index (κ1) is 9.24. The minimum Gasteiger partial charge on any atom is -0.355 e. The lowest BCUT2D eigenvalue weighted by molar-refractivity contribution is 0.566. The van der Waals surface area contributed by atoms with Crippen molar-refractivity contribution in [2.75, 3.05) is 18.4 Å². The van der Waals surface area contributed by atoms with Crippen molar-refractivity contribution < 1.29 is 0 Å². The summed E-state index contributed by atoms with van der Waals surface area (Å²) in [5.74, 6) is 0. The number of thiazole rings is 1. The van der Waals surface area contributed by atoms with Gasteiger partial charge in [-0.05, 0) is 19.9 Å². The van der Waals surface area contributed by atoms with Crippen LogP contribution in [0.2, 0.25) is 5.15 Å². The van der Waals surface area contributed by atoms with E-state index in [1.807, 2.05) is 5.38 Å². The van der Waals surface area contributed by atoms with Gasteiger partial charge in [0.1, 0.15) is 5.15 Å². The molecule has 5 heteroatoms. The van der Waals surface area contributed by atoms with Crippen LogP contribution >= 0.6 is 22.9 Å². The average Bonchev–Trinajstić information content (AvgIpc) is 2.62. The maximum absolute atomic E-state index is 5.73. The van der Waals surface area contributed by atoms with E-state index in [0.29, 0.717) is 5.15 Å². The first-order valence-electron chi connectivity index (χ1n) is 4.28. The standard InChI is InChI=1S/C8H12ClN3S/c1-8(2-3-10-5-8)12-7-11-6(9)4-13-7/h4,10H,2-3,5H2,1H3,(H,11,12). The van der Waals surface area contributed by atoms with Gasteiger partial charge in [-0.15, -0.1) is 11.3 Å². The van der Waals surface area contributed by atoms with Gasteiger partial charge in [0.05, 0.1) is 5.54 Å². The van der Waals surface area contributed by atoms with E-state index < -0.39 is 0 Å². The Morgan fingerprint density at radius 2 is 2.62 bits per heavy atom. The molecule has 1 aromatic heterocycles. The normalized spacial score (nSPS) is 27.8. The van der Waals surface area contributed by atoms with Crippen LogP contribution in [0.3, 0.4) is 0 Å². The zero-order valence-corrected chi connectivity index (χ0v) is 9.00. The van der Waals surface area contributed by atoms with Gasteiger partial charge in [0, 0.05) is 11.9 Å². The van der Waals surface area contributed by atoms with E-state index in [-0.39, 0.29) is 5.54 Å². The summed E-state index contributed by atoms with van der Waals surface area (Å²) in [4.78, 5) is 4.16. The molecule has 0 aliphatic carbocycles. The molecule has 1 aliphatic heterocycles.